The zero-order valence-electron chi connectivity index (χ0n) is 24.5. The molecule has 1 aliphatic rings. The molecule has 46 heavy (non-hydrogen) atoms. The fourth-order valence-corrected chi connectivity index (χ4v) is 5.77. The summed E-state index contributed by atoms with van der Waals surface area (Å²) in [5.74, 6) is -2.61. The Bertz CT molecular complexity index is 1550. The first kappa shape index (κ1) is 33.5. The number of ether oxygens (including phenoxy) is 3. The fraction of sp³-hybridized carbons (Fsp3) is 0.250. The van der Waals surface area contributed by atoms with E-state index in [1.54, 1.807) is 0 Å². The van der Waals surface area contributed by atoms with Gasteiger partial charge in [-0.25, -0.2) is 19.2 Å². The number of nitro groups is 1. The van der Waals surface area contributed by atoms with Crippen LogP contribution in [0.4, 0.5) is 15.3 Å². The summed E-state index contributed by atoms with van der Waals surface area (Å²) in [6.45, 7) is 3.13. The number of esters is 1. The van der Waals surface area contributed by atoms with Gasteiger partial charge in [0.25, 0.3) is 5.69 Å². The molecule has 0 aliphatic heterocycles. The molecule has 14 heteroatoms. The zero-order valence-corrected chi connectivity index (χ0v) is 25.3. The molecule has 0 saturated carbocycles. The van der Waals surface area contributed by atoms with E-state index in [0.717, 1.165) is 34.0 Å². The SMILES string of the molecule is C=CCOC(=O)[C@H](CSC[C@H](NC(=O)OCC1c2ccccc2-c2ccccc21)C(=O)O)NC(=O)OCc1ccc([N+](=O)[O-])cc1. The van der Waals surface area contributed by atoms with Gasteiger partial charge in [0.1, 0.15) is 31.9 Å². The number of amides is 2. The van der Waals surface area contributed by atoms with Crippen molar-refractivity contribution in [1.29, 1.82) is 0 Å². The Morgan fingerprint density at radius 3 is 2.02 bits per heavy atom. The Morgan fingerprint density at radius 1 is 0.870 bits per heavy atom. The summed E-state index contributed by atoms with van der Waals surface area (Å²) in [7, 11) is 0. The normalized spacial score (nSPS) is 12.9. The van der Waals surface area contributed by atoms with Crippen molar-refractivity contribution in [3.8, 4) is 11.1 Å². The average Bonchev–Trinajstić information content (AvgIpc) is 3.37. The molecule has 0 spiro atoms. The first-order chi connectivity index (χ1) is 22.2. The number of carbonyl (C=O) groups is 4. The van der Waals surface area contributed by atoms with Crippen LogP contribution in [-0.4, -0.2) is 71.0 Å². The average molecular weight is 650 g/mol. The molecule has 3 aromatic rings. The molecule has 0 unspecified atom stereocenters. The number of carbonyl (C=O) groups excluding carboxylic acids is 3. The van der Waals surface area contributed by atoms with E-state index in [0.29, 0.717) is 5.56 Å². The summed E-state index contributed by atoms with van der Waals surface area (Å²) in [6.07, 6.45) is -0.538. The molecule has 0 saturated heterocycles. The quantitative estimate of drug-likeness (QED) is 0.0685. The van der Waals surface area contributed by atoms with Crippen LogP contribution in [0.25, 0.3) is 11.1 Å². The number of fused-ring (bicyclic) bond motifs is 3. The van der Waals surface area contributed by atoms with Crippen LogP contribution in [0.15, 0.2) is 85.5 Å². The maximum Gasteiger partial charge on any atom is 0.408 e. The van der Waals surface area contributed by atoms with Gasteiger partial charge in [0.05, 0.1) is 4.92 Å². The Hall–Kier alpha value is -5.37. The summed E-state index contributed by atoms with van der Waals surface area (Å²) in [5, 5.41) is 25.2. The van der Waals surface area contributed by atoms with E-state index >= 15 is 0 Å². The maximum atomic E-state index is 12.7. The van der Waals surface area contributed by atoms with Gasteiger partial charge in [-0.05, 0) is 39.9 Å². The monoisotopic (exact) mass is 649 g/mol. The number of hydrogen-bond donors (Lipinski definition) is 3. The van der Waals surface area contributed by atoms with Gasteiger partial charge in [-0.15, -0.1) is 0 Å². The molecule has 1 aliphatic carbocycles. The van der Waals surface area contributed by atoms with Gasteiger partial charge < -0.3 is 30.0 Å². The number of aliphatic carboxylic acids is 1. The second-order valence-electron chi connectivity index (χ2n) is 10.0. The molecular formula is C32H31N3O10S. The molecule has 13 nitrogen and oxygen atoms in total. The minimum Gasteiger partial charge on any atom is -0.480 e. The summed E-state index contributed by atoms with van der Waals surface area (Å²) < 4.78 is 15.6. The Balaban J connectivity index is 1.29. The third-order valence-corrected chi connectivity index (χ3v) is 8.08. The van der Waals surface area contributed by atoms with E-state index < -0.39 is 41.1 Å². The lowest BCUT2D eigenvalue weighted by atomic mass is 9.98. The molecule has 4 rings (SSSR count). The molecule has 2 atom stereocenters. The summed E-state index contributed by atoms with van der Waals surface area (Å²) in [6, 6.07) is 18.4. The summed E-state index contributed by atoms with van der Waals surface area (Å²) in [5.41, 5.74) is 4.48. The van der Waals surface area contributed by atoms with Crippen LogP contribution in [0.1, 0.15) is 22.6 Å². The van der Waals surface area contributed by atoms with Crippen molar-refractivity contribution in [2.45, 2.75) is 24.6 Å². The highest BCUT2D eigenvalue weighted by atomic mass is 32.2. The third kappa shape index (κ3) is 8.85. The van der Waals surface area contributed by atoms with Gasteiger partial charge in [-0.2, -0.15) is 11.8 Å². The molecule has 240 valence electrons. The van der Waals surface area contributed by atoms with Gasteiger partial charge in [0.15, 0.2) is 0 Å². The highest BCUT2D eigenvalue weighted by Crippen LogP contribution is 2.44. The van der Waals surface area contributed by atoms with Crippen molar-refractivity contribution < 1.29 is 43.4 Å². The molecule has 0 bridgehead atoms. The van der Waals surface area contributed by atoms with E-state index in [1.165, 1.54) is 30.3 Å². The predicted octanol–water partition coefficient (Wildman–Crippen LogP) is 4.64. The fourth-order valence-electron chi connectivity index (χ4n) is 4.72. The van der Waals surface area contributed by atoms with Crippen molar-refractivity contribution in [3.63, 3.8) is 0 Å². The number of nitrogens with one attached hydrogen (secondary N) is 2. The van der Waals surface area contributed by atoms with Crippen molar-refractivity contribution in [2.24, 2.45) is 0 Å². The highest BCUT2D eigenvalue weighted by molar-refractivity contribution is 7.99. The molecule has 3 aromatic carbocycles. The van der Waals surface area contributed by atoms with Crippen LogP contribution in [0.3, 0.4) is 0 Å². The molecule has 3 N–H and O–H groups in total. The number of nitrogens with zero attached hydrogens (tertiary/aromatic N) is 1. The van der Waals surface area contributed by atoms with E-state index in [1.807, 2.05) is 48.5 Å². The number of non-ortho nitro benzene ring substituents is 1. The molecule has 0 radical (unpaired) electrons. The summed E-state index contributed by atoms with van der Waals surface area (Å²) >= 11 is 0.975. The zero-order chi connectivity index (χ0) is 33.1. The Morgan fingerprint density at radius 2 is 1.43 bits per heavy atom. The van der Waals surface area contributed by atoms with E-state index in [4.69, 9.17) is 14.2 Å². The second-order valence-corrected chi connectivity index (χ2v) is 11.1. The smallest absolute Gasteiger partial charge is 0.408 e. The van der Waals surface area contributed by atoms with Gasteiger partial charge in [-0.1, -0.05) is 61.2 Å². The van der Waals surface area contributed by atoms with Crippen LogP contribution in [0.5, 0.6) is 0 Å². The number of carboxylic acid groups (broad SMARTS) is 1. The molecule has 0 aromatic heterocycles. The van der Waals surface area contributed by atoms with Crippen LogP contribution in [-0.2, 0) is 30.4 Å². The van der Waals surface area contributed by atoms with Crippen molar-refractivity contribution in [1.82, 2.24) is 10.6 Å². The predicted molar refractivity (Wildman–Crippen MR) is 168 cm³/mol. The lowest BCUT2D eigenvalue weighted by Crippen LogP contribution is -2.46. The van der Waals surface area contributed by atoms with Gasteiger partial charge in [0.2, 0.25) is 0 Å². The van der Waals surface area contributed by atoms with E-state index in [-0.39, 0.29) is 42.9 Å². The standard InChI is InChI=1S/C32H31N3O10S/c1-2-15-43-30(38)28(34-32(40)44-16-20-11-13-21(14-12-20)35(41)42)19-46-18-27(29(36)37)33-31(39)45-17-26-24-9-5-3-7-22(24)23-8-4-6-10-25(23)26/h2-14,26-28H,1,15-19H2,(H,33,39)(H,34,40)(H,36,37)/t27-,28-/m0/s1. The number of nitro benzene ring substituents is 1. The van der Waals surface area contributed by atoms with Crippen LogP contribution >= 0.6 is 11.8 Å². The van der Waals surface area contributed by atoms with Crippen molar-refractivity contribution >= 4 is 41.6 Å². The number of hydrogen-bond acceptors (Lipinski definition) is 10. The topological polar surface area (TPSA) is 183 Å². The Labute approximate surface area is 268 Å². The Kier molecular flexibility index (Phi) is 11.7. The number of benzene rings is 3. The van der Waals surface area contributed by atoms with Crippen molar-refractivity contribution in [3.05, 3.63) is 112 Å². The molecular weight excluding hydrogens is 618 g/mol. The second kappa shape index (κ2) is 16.1. The highest BCUT2D eigenvalue weighted by Gasteiger charge is 2.30. The first-order valence-electron chi connectivity index (χ1n) is 14.0. The first-order valence-corrected chi connectivity index (χ1v) is 15.2. The lowest BCUT2D eigenvalue weighted by molar-refractivity contribution is -0.384. The third-order valence-electron chi connectivity index (χ3n) is 6.94. The van der Waals surface area contributed by atoms with Gasteiger partial charge in [-0.3, -0.25) is 10.1 Å². The molecule has 0 fully saturated rings. The van der Waals surface area contributed by atoms with Crippen molar-refractivity contribution in [2.75, 3.05) is 24.7 Å². The summed E-state index contributed by atoms with van der Waals surface area (Å²) in [4.78, 5) is 59.8. The number of rotatable bonds is 15. The number of carboxylic acids is 1. The van der Waals surface area contributed by atoms with Crippen LogP contribution in [0.2, 0.25) is 0 Å². The van der Waals surface area contributed by atoms with Gasteiger partial charge >= 0.3 is 24.1 Å². The lowest BCUT2D eigenvalue weighted by Gasteiger charge is -2.19. The van der Waals surface area contributed by atoms with E-state index in [2.05, 4.69) is 17.2 Å². The van der Waals surface area contributed by atoms with E-state index in [9.17, 15) is 34.4 Å². The molecule has 0 heterocycles. The number of alkyl carbamates (subject to hydrolysis) is 2. The maximum absolute atomic E-state index is 12.7. The number of thioether (sulfide) groups is 1. The van der Waals surface area contributed by atoms with Gasteiger partial charge in [0, 0.05) is 29.6 Å². The van der Waals surface area contributed by atoms with Crippen LogP contribution < -0.4 is 10.6 Å². The minimum atomic E-state index is -1.36. The molecule has 2 amide bonds. The minimum absolute atomic E-state index is 0.00245. The van der Waals surface area contributed by atoms with Crippen LogP contribution in [0, 0.1) is 10.1 Å². The largest absolute Gasteiger partial charge is 0.480 e.